The van der Waals surface area contributed by atoms with Crippen LogP contribution in [0.15, 0.2) is 24.3 Å². The number of hydrogen-bond acceptors (Lipinski definition) is 4. The van der Waals surface area contributed by atoms with E-state index in [-0.39, 0.29) is 0 Å². The predicted molar refractivity (Wildman–Crippen MR) is 72.3 cm³/mol. The maximum Gasteiger partial charge on any atom is 0.142 e. The SMILES string of the molecule is COc1ccccc1N1CCN(CCC=O)CC1. The Morgan fingerprint density at radius 1 is 1.22 bits per heavy atom. The van der Waals surface area contributed by atoms with E-state index in [1.54, 1.807) is 7.11 Å². The third-order valence-electron chi connectivity index (χ3n) is 3.36. The van der Waals surface area contributed by atoms with Crippen molar-refractivity contribution in [2.45, 2.75) is 6.42 Å². The van der Waals surface area contributed by atoms with Crippen molar-refractivity contribution in [3.05, 3.63) is 24.3 Å². The minimum Gasteiger partial charge on any atom is -0.495 e. The van der Waals surface area contributed by atoms with Gasteiger partial charge in [0.2, 0.25) is 0 Å². The summed E-state index contributed by atoms with van der Waals surface area (Å²) in [5.41, 5.74) is 1.16. The summed E-state index contributed by atoms with van der Waals surface area (Å²) in [4.78, 5) is 15.0. The first-order valence-corrected chi connectivity index (χ1v) is 6.39. The van der Waals surface area contributed by atoms with Gasteiger partial charge in [-0.05, 0) is 12.1 Å². The van der Waals surface area contributed by atoms with Crippen LogP contribution >= 0.6 is 0 Å². The van der Waals surface area contributed by atoms with Gasteiger partial charge in [0.25, 0.3) is 0 Å². The van der Waals surface area contributed by atoms with Gasteiger partial charge in [-0.25, -0.2) is 0 Å². The number of benzene rings is 1. The number of aldehydes is 1. The summed E-state index contributed by atoms with van der Waals surface area (Å²) in [6, 6.07) is 8.12. The van der Waals surface area contributed by atoms with Crippen LogP contribution in [0.1, 0.15) is 6.42 Å². The first kappa shape index (κ1) is 12.9. The number of nitrogens with zero attached hydrogens (tertiary/aromatic N) is 2. The number of anilines is 1. The molecule has 0 radical (unpaired) electrons. The lowest BCUT2D eigenvalue weighted by Gasteiger charge is -2.36. The largest absolute Gasteiger partial charge is 0.495 e. The average molecular weight is 248 g/mol. The zero-order valence-corrected chi connectivity index (χ0v) is 10.8. The van der Waals surface area contributed by atoms with Crippen molar-refractivity contribution < 1.29 is 9.53 Å². The third kappa shape index (κ3) is 3.01. The smallest absolute Gasteiger partial charge is 0.142 e. The van der Waals surface area contributed by atoms with Crippen LogP contribution in [0.5, 0.6) is 5.75 Å². The molecular formula is C14H20N2O2. The van der Waals surface area contributed by atoms with E-state index in [2.05, 4.69) is 15.9 Å². The molecule has 1 aromatic carbocycles. The van der Waals surface area contributed by atoms with Gasteiger partial charge in [0, 0.05) is 39.1 Å². The molecule has 1 aliphatic rings. The van der Waals surface area contributed by atoms with Gasteiger partial charge in [-0.2, -0.15) is 0 Å². The normalized spacial score (nSPS) is 16.6. The summed E-state index contributed by atoms with van der Waals surface area (Å²) in [5.74, 6) is 0.929. The molecule has 0 unspecified atom stereocenters. The molecule has 98 valence electrons. The van der Waals surface area contributed by atoms with Crippen LogP contribution in [0.25, 0.3) is 0 Å². The molecule has 1 fully saturated rings. The Morgan fingerprint density at radius 2 is 1.94 bits per heavy atom. The standard InChI is InChI=1S/C14H20N2O2/c1-18-14-6-3-2-5-13(14)16-10-8-15(9-11-16)7-4-12-17/h2-3,5-6,12H,4,7-11H2,1H3. The second-order valence-corrected chi connectivity index (χ2v) is 4.46. The lowest BCUT2D eigenvalue weighted by molar-refractivity contribution is -0.108. The summed E-state index contributed by atoms with van der Waals surface area (Å²) >= 11 is 0. The van der Waals surface area contributed by atoms with Crippen LogP contribution < -0.4 is 9.64 Å². The Labute approximate surface area is 108 Å². The van der Waals surface area contributed by atoms with Gasteiger partial charge in [0.1, 0.15) is 12.0 Å². The van der Waals surface area contributed by atoms with E-state index < -0.39 is 0 Å². The first-order chi connectivity index (χ1) is 8.85. The molecule has 0 aromatic heterocycles. The second kappa shape index (κ2) is 6.40. The summed E-state index contributed by atoms with van der Waals surface area (Å²) < 4.78 is 5.39. The maximum atomic E-state index is 10.4. The van der Waals surface area contributed by atoms with Crippen molar-refractivity contribution in [3.63, 3.8) is 0 Å². The molecule has 1 saturated heterocycles. The van der Waals surface area contributed by atoms with Gasteiger partial charge in [-0.1, -0.05) is 12.1 Å². The molecule has 4 nitrogen and oxygen atoms in total. The number of ether oxygens (including phenoxy) is 1. The van der Waals surface area contributed by atoms with Crippen molar-refractivity contribution in [3.8, 4) is 5.75 Å². The Bertz CT molecular complexity index is 387. The lowest BCUT2D eigenvalue weighted by atomic mass is 10.2. The molecule has 0 saturated carbocycles. The highest BCUT2D eigenvalue weighted by Crippen LogP contribution is 2.28. The third-order valence-corrected chi connectivity index (χ3v) is 3.36. The van der Waals surface area contributed by atoms with Crippen molar-refractivity contribution in [1.82, 2.24) is 4.90 Å². The van der Waals surface area contributed by atoms with E-state index in [4.69, 9.17) is 4.74 Å². The Kier molecular flexibility index (Phi) is 4.59. The summed E-state index contributed by atoms with van der Waals surface area (Å²) in [5, 5.41) is 0. The van der Waals surface area contributed by atoms with Crippen molar-refractivity contribution in [2.24, 2.45) is 0 Å². The molecule has 0 spiro atoms. The summed E-state index contributed by atoms with van der Waals surface area (Å²) in [7, 11) is 1.71. The highest BCUT2D eigenvalue weighted by Gasteiger charge is 2.18. The molecule has 4 heteroatoms. The number of para-hydroxylation sites is 2. The molecule has 0 amide bonds. The van der Waals surface area contributed by atoms with Crippen LogP contribution in [-0.2, 0) is 4.79 Å². The number of carbonyl (C=O) groups excluding carboxylic acids is 1. The van der Waals surface area contributed by atoms with E-state index in [0.29, 0.717) is 6.42 Å². The maximum absolute atomic E-state index is 10.4. The van der Waals surface area contributed by atoms with E-state index >= 15 is 0 Å². The monoisotopic (exact) mass is 248 g/mol. The Morgan fingerprint density at radius 3 is 2.61 bits per heavy atom. The molecule has 1 heterocycles. The number of rotatable bonds is 5. The fourth-order valence-corrected chi connectivity index (χ4v) is 2.34. The summed E-state index contributed by atoms with van der Waals surface area (Å²) in [6.07, 6.45) is 1.63. The molecule has 1 aliphatic heterocycles. The van der Waals surface area contributed by atoms with E-state index in [0.717, 1.165) is 50.4 Å². The van der Waals surface area contributed by atoms with Crippen molar-refractivity contribution in [1.29, 1.82) is 0 Å². The van der Waals surface area contributed by atoms with Crippen LogP contribution in [0.2, 0.25) is 0 Å². The van der Waals surface area contributed by atoms with Crippen LogP contribution in [0, 0.1) is 0 Å². The van der Waals surface area contributed by atoms with Crippen LogP contribution in [0.4, 0.5) is 5.69 Å². The topological polar surface area (TPSA) is 32.8 Å². The minimum absolute atomic E-state index is 0.634. The van der Waals surface area contributed by atoms with E-state index in [1.165, 1.54) is 0 Å². The quantitative estimate of drug-likeness (QED) is 0.738. The number of piperazine rings is 1. The van der Waals surface area contributed by atoms with Gasteiger partial charge < -0.3 is 14.4 Å². The molecule has 0 atom stereocenters. The number of methoxy groups -OCH3 is 1. The van der Waals surface area contributed by atoms with Crippen LogP contribution in [0.3, 0.4) is 0 Å². The van der Waals surface area contributed by atoms with Crippen LogP contribution in [-0.4, -0.2) is 51.0 Å². The Hall–Kier alpha value is -1.55. The number of hydrogen-bond donors (Lipinski definition) is 0. The molecule has 18 heavy (non-hydrogen) atoms. The van der Waals surface area contributed by atoms with Gasteiger partial charge >= 0.3 is 0 Å². The van der Waals surface area contributed by atoms with Gasteiger partial charge in [-0.15, -0.1) is 0 Å². The highest BCUT2D eigenvalue weighted by atomic mass is 16.5. The van der Waals surface area contributed by atoms with E-state index in [1.807, 2.05) is 18.2 Å². The zero-order chi connectivity index (χ0) is 12.8. The number of carbonyl (C=O) groups is 1. The first-order valence-electron chi connectivity index (χ1n) is 6.39. The van der Waals surface area contributed by atoms with Gasteiger partial charge in [0.15, 0.2) is 0 Å². The van der Waals surface area contributed by atoms with Gasteiger partial charge in [0.05, 0.1) is 12.8 Å². The van der Waals surface area contributed by atoms with Crippen molar-refractivity contribution in [2.75, 3.05) is 44.7 Å². The Balaban J connectivity index is 1.94. The lowest BCUT2D eigenvalue weighted by Crippen LogP contribution is -2.46. The molecular weight excluding hydrogens is 228 g/mol. The molecule has 0 bridgehead atoms. The predicted octanol–water partition coefficient (Wildman–Crippen LogP) is 1.41. The van der Waals surface area contributed by atoms with E-state index in [9.17, 15) is 4.79 Å². The molecule has 1 aromatic rings. The van der Waals surface area contributed by atoms with Crippen molar-refractivity contribution >= 4 is 12.0 Å². The summed E-state index contributed by atoms with van der Waals surface area (Å²) in [6.45, 7) is 4.86. The fourth-order valence-electron chi connectivity index (χ4n) is 2.34. The van der Waals surface area contributed by atoms with Gasteiger partial charge in [-0.3, -0.25) is 4.90 Å². The molecule has 0 aliphatic carbocycles. The zero-order valence-electron chi connectivity index (χ0n) is 10.8. The molecule has 0 N–H and O–H groups in total. The second-order valence-electron chi connectivity index (χ2n) is 4.46. The molecule has 2 rings (SSSR count). The fraction of sp³-hybridized carbons (Fsp3) is 0.500. The highest BCUT2D eigenvalue weighted by molar-refractivity contribution is 5.58. The minimum atomic E-state index is 0.634. The average Bonchev–Trinajstić information content (AvgIpc) is 2.45.